The highest BCUT2D eigenvalue weighted by Crippen LogP contribution is 2.25. The van der Waals surface area contributed by atoms with Gasteiger partial charge in [0.1, 0.15) is 6.04 Å². The minimum atomic E-state index is -0.608. The molecule has 2 N–H and O–H groups in total. The standard InChI is InChI=1S/C17H25N5O3/c1-21-10-12(9-18-21)11-22(13-5-3-2-4-6-13)15(23)8-7-14-16(24)20-17(25)19-14/h9-10,13-14H,2-8,11H2,1H3,(H2,19,20,24,25)/t14-/m0/s1. The minimum Gasteiger partial charge on any atom is -0.335 e. The Labute approximate surface area is 146 Å². The minimum absolute atomic E-state index is 0.0321. The van der Waals surface area contributed by atoms with Gasteiger partial charge in [0.05, 0.1) is 6.20 Å². The SMILES string of the molecule is Cn1cc(CN(C(=O)CC[C@@H]2NC(=O)NC2=O)C2CCCCC2)cn1. The van der Waals surface area contributed by atoms with Gasteiger partial charge in [0, 0.05) is 37.8 Å². The number of carbonyl (C=O) groups excluding carboxylic acids is 3. The fourth-order valence-electron chi connectivity index (χ4n) is 3.64. The molecule has 1 aromatic rings. The molecule has 0 unspecified atom stereocenters. The molecule has 2 fully saturated rings. The van der Waals surface area contributed by atoms with E-state index in [0.29, 0.717) is 13.0 Å². The van der Waals surface area contributed by atoms with E-state index in [1.807, 2.05) is 18.1 Å². The molecule has 0 bridgehead atoms. The van der Waals surface area contributed by atoms with Crippen molar-refractivity contribution >= 4 is 17.8 Å². The van der Waals surface area contributed by atoms with Gasteiger partial charge in [-0.1, -0.05) is 19.3 Å². The smallest absolute Gasteiger partial charge is 0.322 e. The Kier molecular flexibility index (Phi) is 5.35. The lowest BCUT2D eigenvalue weighted by molar-refractivity contribution is -0.135. The van der Waals surface area contributed by atoms with E-state index in [1.165, 1.54) is 6.42 Å². The van der Waals surface area contributed by atoms with Crippen LogP contribution in [0.2, 0.25) is 0 Å². The van der Waals surface area contributed by atoms with Crippen molar-refractivity contribution in [2.45, 2.75) is 63.6 Å². The molecule has 1 aliphatic carbocycles. The summed E-state index contributed by atoms with van der Waals surface area (Å²) in [7, 11) is 1.86. The number of hydrogen-bond donors (Lipinski definition) is 2. The highest BCUT2D eigenvalue weighted by Gasteiger charge is 2.31. The number of nitrogens with one attached hydrogen (secondary N) is 2. The Morgan fingerprint density at radius 2 is 2.08 bits per heavy atom. The van der Waals surface area contributed by atoms with Crippen molar-refractivity contribution in [2.75, 3.05) is 0 Å². The first-order chi connectivity index (χ1) is 12.0. The van der Waals surface area contributed by atoms with E-state index in [9.17, 15) is 14.4 Å². The van der Waals surface area contributed by atoms with E-state index in [0.717, 1.165) is 31.2 Å². The van der Waals surface area contributed by atoms with Crippen LogP contribution in [-0.2, 0) is 23.2 Å². The highest BCUT2D eigenvalue weighted by molar-refractivity contribution is 6.04. The number of hydrogen-bond acceptors (Lipinski definition) is 4. The summed E-state index contributed by atoms with van der Waals surface area (Å²) in [5.41, 5.74) is 1.01. The topological polar surface area (TPSA) is 96.3 Å². The summed E-state index contributed by atoms with van der Waals surface area (Å²) in [6, 6.07) is -0.849. The zero-order valence-electron chi connectivity index (χ0n) is 14.5. The number of amides is 4. The fraction of sp³-hybridized carbons (Fsp3) is 0.647. The summed E-state index contributed by atoms with van der Waals surface area (Å²) in [4.78, 5) is 37.6. The van der Waals surface area contributed by atoms with Crippen LogP contribution >= 0.6 is 0 Å². The van der Waals surface area contributed by atoms with Crippen LogP contribution in [0.15, 0.2) is 12.4 Å². The molecule has 25 heavy (non-hydrogen) atoms. The Balaban J connectivity index is 1.63. The molecule has 1 aliphatic heterocycles. The molecule has 0 spiro atoms. The zero-order valence-corrected chi connectivity index (χ0v) is 14.5. The maximum atomic E-state index is 12.9. The van der Waals surface area contributed by atoms with Gasteiger partial charge in [-0.05, 0) is 19.3 Å². The van der Waals surface area contributed by atoms with Crippen molar-refractivity contribution in [1.29, 1.82) is 0 Å². The molecule has 8 heteroatoms. The Bertz CT molecular complexity index is 650. The quantitative estimate of drug-likeness (QED) is 0.752. The van der Waals surface area contributed by atoms with Crippen LogP contribution in [0.4, 0.5) is 4.79 Å². The van der Waals surface area contributed by atoms with Crippen molar-refractivity contribution in [1.82, 2.24) is 25.3 Å². The number of aromatic nitrogens is 2. The summed E-state index contributed by atoms with van der Waals surface area (Å²) in [6.45, 7) is 0.542. The maximum absolute atomic E-state index is 12.9. The van der Waals surface area contributed by atoms with Crippen LogP contribution in [-0.4, -0.2) is 44.6 Å². The first-order valence-electron chi connectivity index (χ1n) is 8.91. The average Bonchev–Trinajstić information content (AvgIpc) is 3.15. The molecule has 2 aliphatic rings. The van der Waals surface area contributed by atoms with E-state index in [4.69, 9.17) is 0 Å². The zero-order chi connectivity index (χ0) is 17.8. The summed E-state index contributed by atoms with van der Waals surface area (Å²) in [6.07, 6.45) is 9.83. The third kappa shape index (κ3) is 4.37. The Morgan fingerprint density at radius 3 is 2.68 bits per heavy atom. The van der Waals surface area contributed by atoms with Gasteiger partial charge in [-0.3, -0.25) is 19.6 Å². The van der Waals surface area contributed by atoms with Gasteiger partial charge in [0.25, 0.3) is 5.91 Å². The molecule has 2 heterocycles. The first-order valence-corrected chi connectivity index (χ1v) is 8.91. The summed E-state index contributed by atoms with van der Waals surface area (Å²) in [5.74, 6) is -0.320. The van der Waals surface area contributed by atoms with Crippen LogP contribution in [0.1, 0.15) is 50.5 Å². The molecule has 1 atom stereocenters. The molecule has 1 saturated heterocycles. The predicted molar refractivity (Wildman–Crippen MR) is 90.3 cm³/mol. The molecule has 3 rings (SSSR count). The van der Waals surface area contributed by atoms with E-state index < -0.39 is 12.1 Å². The molecule has 8 nitrogen and oxygen atoms in total. The molecule has 4 amide bonds. The van der Waals surface area contributed by atoms with Gasteiger partial charge in [0.2, 0.25) is 5.91 Å². The lowest BCUT2D eigenvalue weighted by Crippen LogP contribution is -2.41. The van der Waals surface area contributed by atoms with Gasteiger partial charge in [-0.25, -0.2) is 4.79 Å². The molecule has 1 aromatic heterocycles. The van der Waals surface area contributed by atoms with Crippen molar-refractivity contribution in [3.05, 3.63) is 18.0 Å². The third-order valence-electron chi connectivity index (χ3n) is 4.95. The maximum Gasteiger partial charge on any atom is 0.322 e. The van der Waals surface area contributed by atoms with Gasteiger partial charge in [-0.15, -0.1) is 0 Å². The number of carbonyl (C=O) groups is 3. The summed E-state index contributed by atoms with van der Waals surface area (Å²) in [5, 5.41) is 8.93. The summed E-state index contributed by atoms with van der Waals surface area (Å²) < 4.78 is 1.73. The van der Waals surface area contributed by atoms with Gasteiger partial charge in [0.15, 0.2) is 0 Å². The number of nitrogens with zero attached hydrogens (tertiary/aromatic N) is 3. The van der Waals surface area contributed by atoms with E-state index in [2.05, 4.69) is 15.7 Å². The van der Waals surface area contributed by atoms with Crippen LogP contribution < -0.4 is 10.6 Å². The van der Waals surface area contributed by atoms with E-state index >= 15 is 0 Å². The number of urea groups is 1. The molecular formula is C17H25N5O3. The molecule has 0 radical (unpaired) electrons. The Morgan fingerprint density at radius 1 is 1.32 bits per heavy atom. The highest BCUT2D eigenvalue weighted by atomic mass is 16.2. The van der Waals surface area contributed by atoms with Crippen LogP contribution in [0, 0.1) is 0 Å². The predicted octanol–water partition coefficient (Wildman–Crippen LogP) is 1.07. The van der Waals surface area contributed by atoms with Gasteiger partial charge < -0.3 is 10.2 Å². The largest absolute Gasteiger partial charge is 0.335 e. The lowest BCUT2D eigenvalue weighted by atomic mass is 9.93. The van der Waals surface area contributed by atoms with Gasteiger partial charge >= 0.3 is 6.03 Å². The first kappa shape index (κ1) is 17.4. The second-order valence-electron chi connectivity index (χ2n) is 6.89. The average molecular weight is 347 g/mol. The molecular weight excluding hydrogens is 322 g/mol. The van der Waals surface area contributed by atoms with Crippen LogP contribution in [0.3, 0.4) is 0 Å². The second kappa shape index (κ2) is 7.67. The number of rotatable bonds is 6. The Hall–Kier alpha value is -2.38. The van der Waals surface area contributed by atoms with Crippen molar-refractivity contribution in [3.8, 4) is 0 Å². The molecule has 136 valence electrons. The molecule has 0 aromatic carbocycles. The van der Waals surface area contributed by atoms with E-state index in [1.54, 1.807) is 10.9 Å². The van der Waals surface area contributed by atoms with Crippen molar-refractivity contribution in [3.63, 3.8) is 0 Å². The van der Waals surface area contributed by atoms with Crippen molar-refractivity contribution in [2.24, 2.45) is 7.05 Å². The fourth-order valence-corrected chi connectivity index (χ4v) is 3.64. The van der Waals surface area contributed by atoms with E-state index in [-0.39, 0.29) is 24.3 Å². The monoisotopic (exact) mass is 347 g/mol. The van der Waals surface area contributed by atoms with Crippen LogP contribution in [0.5, 0.6) is 0 Å². The third-order valence-corrected chi connectivity index (χ3v) is 4.95. The van der Waals surface area contributed by atoms with Crippen molar-refractivity contribution < 1.29 is 14.4 Å². The van der Waals surface area contributed by atoms with Crippen LogP contribution in [0.25, 0.3) is 0 Å². The summed E-state index contributed by atoms with van der Waals surface area (Å²) >= 11 is 0. The number of imide groups is 1. The lowest BCUT2D eigenvalue weighted by Gasteiger charge is -2.34. The number of aryl methyl sites for hydroxylation is 1. The molecule has 1 saturated carbocycles. The van der Waals surface area contributed by atoms with Gasteiger partial charge in [-0.2, -0.15) is 5.10 Å². The normalized spacial score (nSPS) is 21.1. The second-order valence-corrected chi connectivity index (χ2v) is 6.89.